The smallest absolute Gasteiger partial charge is 0.417 e. The molecule has 0 aliphatic carbocycles. The lowest BCUT2D eigenvalue weighted by Crippen LogP contribution is -2.28. The molecule has 0 spiro atoms. The average Bonchev–Trinajstić information content (AvgIpc) is 3.11. The van der Waals surface area contributed by atoms with Gasteiger partial charge in [0.05, 0.1) is 5.69 Å². The summed E-state index contributed by atoms with van der Waals surface area (Å²) in [6.45, 7) is 3.51. The topological polar surface area (TPSA) is 92.4 Å². The van der Waals surface area contributed by atoms with E-state index in [9.17, 15) is 17.4 Å². The van der Waals surface area contributed by atoms with Crippen molar-refractivity contribution in [2.75, 3.05) is 18.0 Å². The van der Waals surface area contributed by atoms with Crippen LogP contribution in [-0.4, -0.2) is 29.6 Å². The van der Waals surface area contributed by atoms with Gasteiger partial charge in [0, 0.05) is 18.8 Å². The van der Waals surface area contributed by atoms with Crippen LogP contribution in [0.1, 0.15) is 18.9 Å². The molecular weight excluding hydrogens is 405 g/mol. The number of hydrogen-bond donors (Lipinski definition) is 0. The largest absolute Gasteiger partial charge is 0.506 e. The Labute approximate surface area is 158 Å². The zero-order valence-electron chi connectivity index (χ0n) is 14.0. The van der Waals surface area contributed by atoms with Crippen LogP contribution in [0, 0.1) is 0 Å². The molecule has 1 aliphatic heterocycles. The predicted octanol–water partition coefficient (Wildman–Crippen LogP) is 4.96. The Bertz CT molecular complexity index is 910. The molecule has 0 bridgehead atoms. The van der Waals surface area contributed by atoms with E-state index in [-0.39, 0.29) is 16.5 Å². The van der Waals surface area contributed by atoms with Crippen LogP contribution in [0.5, 0.6) is 0 Å². The number of fused-ring (bicyclic) bond motifs is 1. The summed E-state index contributed by atoms with van der Waals surface area (Å²) in [6.07, 6.45) is -3.34. The van der Waals surface area contributed by atoms with Crippen molar-refractivity contribution in [3.8, 4) is 0 Å². The second kappa shape index (κ2) is 8.27. The van der Waals surface area contributed by atoms with E-state index in [1.807, 2.05) is 6.92 Å². The minimum atomic E-state index is -5.06. The van der Waals surface area contributed by atoms with Crippen molar-refractivity contribution in [2.24, 2.45) is 14.6 Å². The van der Waals surface area contributed by atoms with Crippen molar-refractivity contribution < 1.29 is 21.6 Å². The Kier molecular flexibility index (Phi) is 6.01. The van der Waals surface area contributed by atoms with Crippen LogP contribution in [0.3, 0.4) is 0 Å². The number of alkyl halides is 3. The number of benzene rings is 1. The van der Waals surface area contributed by atoms with Crippen LogP contribution in [-0.2, 0) is 25.7 Å². The maximum Gasteiger partial charge on any atom is 0.506 e. The lowest BCUT2D eigenvalue weighted by atomic mass is 10.0. The number of aromatic nitrogens is 2. The highest BCUT2D eigenvalue weighted by Gasteiger charge is 2.25. The summed E-state index contributed by atoms with van der Waals surface area (Å²) in [6, 6.07) is 3.25. The quantitative estimate of drug-likeness (QED) is 0.505. The van der Waals surface area contributed by atoms with E-state index in [1.165, 1.54) is 5.51 Å². The molecule has 0 radical (unpaired) electrons. The van der Waals surface area contributed by atoms with Crippen molar-refractivity contribution >= 4 is 44.4 Å². The molecule has 1 aliphatic rings. The highest BCUT2D eigenvalue weighted by molar-refractivity contribution is 7.69. The molecule has 146 valence electrons. The molecule has 0 saturated carbocycles. The van der Waals surface area contributed by atoms with Crippen molar-refractivity contribution in [2.45, 2.75) is 26.1 Å². The lowest BCUT2D eigenvalue weighted by Gasteiger charge is -2.31. The standard InChI is InChI=1S/C14H14F3N6O2S2/c1-2-23-5-3-4-9-6-10(19-21-13-20-18-8-26-13)11(7-12(9)23)22-27(24)25-14(15,16)17/h6-8H,2-5H2,1H3/q-1. The molecule has 27 heavy (non-hydrogen) atoms. The van der Waals surface area contributed by atoms with Gasteiger partial charge < -0.3 is 17.7 Å². The molecule has 0 fully saturated rings. The van der Waals surface area contributed by atoms with Gasteiger partial charge in [-0.05, 0) is 37.5 Å². The molecule has 3 rings (SSSR count). The Morgan fingerprint density at radius 3 is 2.81 bits per heavy atom. The third-order valence-electron chi connectivity index (χ3n) is 3.70. The number of azo groups is 1. The molecule has 8 nitrogen and oxygen atoms in total. The molecular formula is C14H14F3N6O2S2-. The van der Waals surface area contributed by atoms with Gasteiger partial charge in [-0.25, -0.2) is 0 Å². The second-order valence-electron chi connectivity index (χ2n) is 5.41. The highest BCUT2D eigenvalue weighted by Crippen LogP contribution is 2.39. The summed E-state index contributed by atoms with van der Waals surface area (Å²) < 4.78 is 55.5. The van der Waals surface area contributed by atoms with Gasteiger partial charge in [-0.15, -0.1) is 33.6 Å². The molecule has 13 heteroatoms. The van der Waals surface area contributed by atoms with Gasteiger partial charge in [0.15, 0.2) is 0 Å². The fourth-order valence-corrected chi connectivity index (χ4v) is 3.53. The number of nitrogens with zero attached hydrogens (tertiary/aromatic N) is 6. The van der Waals surface area contributed by atoms with Gasteiger partial charge in [0.1, 0.15) is 11.2 Å². The summed E-state index contributed by atoms with van der Waals surface area (Å²) in [5, 5.41) is 15.5. The minimum Gasteiger partial charge on any atom is -0.417 e. The van der Waals surface area contributed by atoms with Crippen LogP contribution < -0.4 is 4.90 Å². The normalized spacial score (nSPS) is 16.1. The molecule has 1 aromatic heterocycles. The third-order valence-corrected chi connectivity index (χ3v) is 4.95. The molecule has 1 aromatic carbocycles. The number of rotatable bonds is 5. The SMILES string of the molecule is CCN1CCCc2cc(N=Nc3nncs3)c(N=[S-](=O)OC(F)(F)F)cc21. The van der Waals surface area contributed by atoms with Crippen LogP contribution >= 0.6 is 11.3 Å². The summed E-state index contributed by atoms with van der Waals surface area (Å²) in [5.74, 6) is 0. The molecule has 0 saturated heterocycles. The fraction of sp³-hybridized carbons (Fsp3) is 0.429. The van der Waals surface area contributed by atoms with E-state index in [1.54, 1.807) is 12.1 Å². The van der Waals surface area contributed by atoms with Gasteiger partial charge in [-0.3, -0.25) is 0 Å². The van der Waals surface area contributed by atoms with E-state index < -0.39 is 17.2 Å². The summed E-state index contributed by atoms with van der Waals surface area (Å²) in [4.78, 5) is 2.07. The second-order valence-corrected chi connectivity index (χ2v) is 7.01. The van der Waals surface area contributed by atoms with Crippen LogP contribution in [0.2, 0.25) is 0 Å². The van der Waals surface area contributed by atoms with Gasteiger partial charge >= 0.3 is 6.36 Å². The predicted molar refractivity (Wildman–Crippen MR) is 94.0 cm³/mol. The number of aryl methyl sites for hydroxylation is 1. The Balaban J connectivity index is 2.04. The summed E-state index contributed by atoms with van der Waals surface area (Å²) in [7, 11) is -2.95. The van der Waals surface area contributed by atoms with Gasteiger partial charge in [-0.2, -0.15) is 0 Å². The first-order valence-corrected chi connectivity index (χ1v) is 9.76. The maximum absolute atomic E-state index is 12.3. The van der Waals surface area contributed by atoms with E-state index in [2.05, 4.69) is 33.9 Å². The molecule has 2 aromatic rings. The first kappa shape index (κ1) is 19.6. The van der Waals surface area contributed by atoms with Crippen molar-refractivity contribution in [1.29, 1.82) is 0 Å². The van der Waals surface area contributed by atoms with Crippen LogP contribution in [0.15, 0.2) is 32.2 Å². The van der Waals surface area contributed by atoms with Crippen LogP contribution in [0.4, 0.5) is 35.4 Å². The Morgan fingerprint density at radius 1 is 1.33 bits per heavy atom. The number of hydrogen-bond acceptors (Lipinski definition) is 10. The number of halogens is 3. The van der Waals surface area contributed by atoms with Gasteiger partial charge in [0.25, 0.3) is 5.13 Å². The zero-order valence-corrected chi connectivity index (χ0v) is 15.6. The van der Waals surface area contributed by atoms with E-state index in [0.29, 0.717) is 0 Å². The van der Waals surface area contributed by atoms with Crippen molar-refractivity contribution in [1.82, 2.24) is 10.2 Å². The lowest BCUT2D eigenvalue weighted by molar-refractivity contribution is -0.269. The summed E-state index contributed by atoms with van der Waals surface area (Å²) in [5.41, 5.74) is 3.43. The monoisotopic (exact) mass is 419 g/mol. The van der Waals surface area contributed by atoms with Gasteiger partial charge in [-0.1, -0.05) is 22.2 Å². The molecule has 0 unspecified atom stereocenters. The van der Waals surface area contributed by atoms with E-state index in [0.717, 1.165) is 48.5 Å². The zero-order chi connectivity index (χ0) is 19.4. The van der Waals surface area contributed by atoms with E-state index in [4.69, 9.17) is 0 Å². The molecule has 0 N–H and O–H groups in total. The number of anilines is 1. The first-order chi connectivity index (χ1) is 12.9. The maximum atomic E-state index is 12.3. The first-order valence-electron chi connectivity index (χ1n) is 7.85. The van der Waals surface area contributed by atoms with E-state index >= 15 is 0 Å². The summed E-state index contributed by atoms with van der Waals surface area (Å²) >= 11 is 1.15. The van der Waals surface area contributed by atoms with Gasteiger partial charge in [0.2, 0.25) is 0 Å². The molecule has 2 heterocycles. The minimum absolute atomic E-state index is 0.00931. The highest BCUT2D eigenvalue weighted by atomic mass is 32.2. The molecule has 0 amide bonds. The molecule has 0 atom stereocenters. The average molecular weight is 419 g/mol. The third kappa shape index (κ3) is 5.20. The fourth-order valence-electron chi connectivity index (χ4n) is 2.65. The van der Waals surface area contributed by atoms with Crippen LogP contribution in [0.25, 0.3) is 0 Å². The Hall–Kier alpha value is -2.12. The van der Waals surface area contributed by atoms with Crippen molar-refractivity contribution in [3.05, 3.63) is 23.2 Å². The van der Waals surface area contributed by atoms with Crippen molar-refractivity contribution in [3.63, 3.8) is 0 Å². The Morgan fingerprint density at radius 2 is 2.15 bits per heavy atom.